The molecule has 3 rings (SSSR count). The van der Waals surface area contributed by atoms with Crippen LogP contribution in [0.25, 0.3) is 0 Å². The molecule has 0 atom stereocenters. The van der Waals surface area contributed by atoms with Crippen molar-refractivity contribution in [1.82, 2.24) is 20.3 Å². The van der Waals surface area contributed by atoms with Crippen LogP contribution in [0.4, 0.5) is 0 Å². The fourth-order valence-electron chi connectivity index (χ4n) is 2.37. The SMILES string of the molecule is Cc1[nH]c(SCC(=O)NCc2ccccn2)nc1Cc1ccccc1. The van der Waals surface area contributed by atoms with Gasteiger partial charge in [-0.3, -0.25) is 9.78 Å². The molecular formula is C19H20N4OS. The largest absolute Gasteiger partial charge is 0.350 e. The van der Waals surface area contributed by atoms with Crippen LogP contribution >= 0.6 is 11.8 Å². The standard InChI is InChI=1S/C19H20N4OS/c1-14-17(11-15-7-3-2-4-8-15)23-19(22-14)25-13-18(24)21-12-16-9-5-6-10-20-16/h2-10H,11-13H2,1H3,(H,21,24)(H,22,23). The molecule has 0 aliphatic carbocycles. The molecule has 3 aromatic rings. The third-order valence-electron chi connectivity index (χ3n) is 3.71. The summed E-state index contributed by atoms with van der Waals surface area (Å²) in [5, 5.41) is 3.64. The molecule has 0 aliphatic rings. The normalized spacial score (nSPS) is 10.6. The average molecular weight is 352 g/mol. The molecule has 5 nitrogen and oxygen atoms in total. The number of nitrogens with one attached hydrogen (secondary N) is 2. The predicted octanol–water partition coefficient (Wildman–Crippen LogP) is 3.11. The quantitative estimate of drug-likeness (QED) is 0.641. The summed E-state index contributed by atoms with van der Waals surface area (Å²) in [5.74, 6) is 0.291. The summed E-state index contributed by atoms with van der Waals surface area (Å²) >= 11 is 1.41. The number of benzene rings is 1. The fraction of sp³-hybridized carbons (Fsp3) is 0.211. The Hall–Kier alpha value is -2.60. The van der Waals surface area contributed by atoms with Gasteiger partial charge in [0.15, 0.2) is 5.16 Å². The van der Waals surface area contributed by atoms with Crippen molar-refractivity contribution < 1.29 is 4.79 Å². The summed E-state index contributed by atoms with van der Waals surface area (Å²) in [5.41, 5.74) is 4.13. The number of rotatable bonds is 7. The van der Waals surface area contributed by atoms with Gasteiger partial charge >= 0.3 is 0 Å². The lowest BCUT2D eigenvalue weighted by molar-refractivity contribution is -0.118. The van der Waals surface area contributed by atoms with Crippen LogP contribution in [0.5, 0.6) is 0 Å². The van der Waals surface area contributed by atoms with Gasteiger partial charge in [0.05, 0.1) is 23.7 Å². The van der Waals surface area contributed by atoms with E-state index in [-0.39, 0.29) is 5.91 Å². The second-order valence-electron chi connectivity index (χ2n) is 5.66. The summed E-state index contributed by atoms with van der Waals surface area (Å²) in [6, 6.07) is 15.9. The van der Waals surface area contributed by atoms with Crippen LogP contribution in [0.2, 0.25) is 0 Å². The van der Waals surface area contributed by atoms with Crippen LogP contribution in [-0.4, -0.2) is 26.6 Å². The van der Waals surface area contributed by atoms with Crippen LogP contribution in [0.3, 0.4) is 0 Å². The highest BCUT2D eigenvalue weighted by atomic mass is 32.2. The molecule has 6 heteroatoms. The molecule has 0 bridgehead atoms. The van der Waals surface area contributed by atoms with Crippen molar-refractivity contribution >= 4 is 17.7 Å². The van der Waals surface area contributed by atoms with E-state index in [1.807, 2.05) is 43.3 Å². The number of aromatic amines is 1. The molecule has 2 N–H and O–H groups in total. The van der Waals surface area contributed by atoms with E-state index in [0.717, 1.165) is 28.7 Å². The predicted molar refractivity (Wildman–Crippen MR) is 99.4 cm³/mol. The monoisotopic (exact) mass is 352 g/mol. The van der Waals surface area contributed by atoms with E-state index in [9.17, 15) is 4.79 Å². The molecule has 0 saturated heterocycles. The average Bonchev–Trinajstić information content (AvgIpc) is 2.99. The first kappa shape index (κ1) is 17.2. The number of hydrogen-bond donors (Lipinski definition) is 2. The van der Waals surface area contributed by atoms with E-state index in [2.05, 4.69) is 32.4 Å². The smallest absolute Gasteiger partial charge is 0.230 e. The Morgan fingerprint density at radius 2 is 1.96 bits per heavy atom. The first-order valence-electron chi connectivity index (χ1n) is 8.09. The van der Waals surface area contributed by atoms with E-state index in [1.165, 1.54) is 17.3 Å². The Morgan fingerprint density at radius 3 is 2.72 bits per heavy atom. The number of thioether (sulfide) groups is 1. The zero-order chi connectivity index (χ0) is 17.5. The summed E-state index contributed by atoms with van der Waals surface area (Å²) in [4.78, 5) is 24.0. The Bertz CT molecular complexity index is 818. The van der Waals surface area contributed by atoms with Crippen molar-refractivity contribution in [2.45, 2.75) is 25.0 Å². The molecule has 0 unspecified atom stereocenters. The Kier molecular flexibility index (Phi) is 5.85. The molecule has 128 valence electrons. The fourth-order valence-corrected chi connectivity index (χ4v) is 3.14. The van der Waals surface area contributed by atoms with Gasteiger partial charge in [-0.05, 0) is 24.6 Å². The van der Waals surface area contributed by atoms with Crippen LogP contribution in [0, 0.1) is 6.92 Å². The summed E-state index contributed by atoms with van der Waals surface area (Å²) in [6.45, 7) is 2.45. The van der Waals surface area contributed by atoms with Crippen molar-refractivity contribution in [3.05, 3.63) is 77.4 Å². The van der Waals surface area contributed by atoms with Crippen LogP contribution in [-0.2, 0) is 17.8 Å². The lowest BCUT2D eigenvalue weighted by atomic mass is 10.1. The van der Waals surface area contributed by atoms with Crippen molar-refractivity contribution in [3.63, 3.8) is 0 Å². The molecule has 25 heavy (non-hydrogen) atoms. The molecule has 0 saturated carbocycles. The van der Waals surface area contributed by atoms with Gasteiger partial charge in [-0.1, -0.05) is 48.2 Å². The van der Waals surface area contributed by atoms with E-state index in [1.54, 1.807) is 6.20 Å². The molecule has 0 fully saturated rings. The highest BCUT2D eigenvalue weighted by molar-refractivity contribution is 7.99. The number of aryl methyl sites for hydroxylation is 1. The van der Waals surface area contributed by atoms with Crippen molar-refractivity contribution in [3.8, 4) is 0 Å². The number of carbonyl (C=O) groups is 1. The number of imidazole rings is 1. The first-order chi connectivity index (χ1) is 12.2. The lowest BCUT2D eigenvalue weighted by Crippen LogP contribution is -2.25. The minimum Gasteiger partial charge on any atom is -0.350 e. The minimum absolute atomic E-state index is 0.0330. The molecular weight excluding hydrogens is 332 g/mol. The number of hydrogen-bond acceptors (Lipinski definition) is 4. The Balaban J connectivity index is 1.50. The molecule has 2 aromatic heterocycles. The second kappa shape index (κ2) is 8.48. The van der Waals surface area contributed by atoms with Gasteiger partial charge in [-0.2, -0.15) is 0 Å². The van der Waals surface area contributed by atoms with Gasteiger partial charge in [-0.25, -0.2) is 4.98 Å². The molecule has 2 heterocycles. The van der Waals surface area contributed by atoms with Gasteiger partial charge in [0.1, 0.15) is 0 Å². The first-order valence-corrected chi connectivity index (χ1v) is 9.08. The second-order valence-corrected chi connectivity index (χ2v) is 6.63. The zero-order valence-corrected chi connectivity index (χ0v) is 14.8. The number of carbonyl (C=O) groups excluding carboxylic acids is 1. The maximum Gasteiger partial charge on any atom is 0.230 e. The molecule has 0 radical (unpaired) electrons. The van der Waals surface area contributed by atoms with Crippen molar-refractivity contribution in [1.29, 1.82) is 0 Å². The van der Waals surface area contributed by atoms with E-state index < -0.39 is 0 Å². The topological polar surface area (TPSA) is 70.7 Å². The third kappa shape index (κ3) is 5.19. The van der Waals surface area contributed by atoms with Crippen molar-refractivity contribution in [2.24, 2.45) is 0 Å². The van der Waals surface area contributed by atoms with Gasteiger partial charge in [0.2, 0.25) is 5.91 Å². The molecule has 0 aliphatic heterocycles. The summed E-state index contributed by atoms with van der Waals surface area (Å²) in [7, 11) is 0. The van der Waals surface area contributed by atoms with Crippen LogP contribution in [0.15, 0.2) is 59.9 Å². The van der Waals surface area contributed by atoms with Gasteiger partial charge < -0.3 is 10.3 Å². The van der Waals surface area contributed by atoms with Gasteiger partial charge in [0.25, 0.3) is 0 Å². The van der Waals surface area contributed by atoms with Gasteiger partial charge in [-0.15, -0.1) is 0 Å². The van der Waals surface area contributed by atoms with Crippen LogP contribution in [0.1, 0.15) is 22.6 Å². The minimum atomic E-state index is -0.0330. The van der Waals surface area contributed by atoms with Crippen molar-refractivity contribution in [2.75, 3.05) is 5.75 Å². The number of pyridine rings is 1. The maximum absolute atomic E-state index is 12.0. The Morgan fingerprint density at radius 1 is 1.16 bits per heavy atom. The maximum atomic E-state index is 12.0. The number of nitrogens with zero attached hydrogens (tertiary/aromatic N) is 2. The lowest BCUT2D eigenvalue weighted by Gasteiger charge is -2.03. The molecule has 0 spiro atoms. The highest BCUT2D eigenvalue weighted by Gasteiger charge is 2.10. The number of aromatic nitrogens is 3. The van der Waals surface area contributed by atoms with E-state index >= 15 is 0 Å². The number of amides is 1. The highest BCUT2D eigenvalue weighted by Crippen LogP contribution is 2.18. The summed E-state index contributed by atoms with van der Waals surface area (Å²) in [6.07, 6.45) is 2.51. The van der Waals surface area contributed by atoms with Crippen LogP contribution < -0.4 is 5.32 Å². The third-order valence-corrected chi connectivity index (χ3v) is 4.58. The Labute approximate surface area is 151 Å². The van der Waals surface area contributed by atoms with Gasteiger partial charge in [0, 0.05) is 18.3 Å². The number of H-pyrrole nitrogens is 1. The molecule has 1 aromatic carbocycles. The molecule has 1 amide bonds. The van der Waals surface area contributed by atoms with E-state index in [0.29, 0.717) is 12.3 Å². The summed E-state index contributed by atoms with van der Waals surface area (Å²) < 4.78 is 0. The zero-order valence-electron chi connectivity index (χ0n) is 14.0. The van der Waals surface area contributed by atoms with E-state index in [4.69, 9.17) is 0 Å².